The number of hydrogen-bond acceptors (Lipinski definition) is 3. The normalized spacial score (nSPS) is 18.7. The summed E-state index contributed by atoms with van der Waals surface area (Å²) in [4.78, 5) is 28.1. The topological polar surface area (TPSA) is 70.7 Å². The first-order chi connectivity index (χ1) is 18.9. The van der Waals surface area contributed by atoms with Crippen LogP contribution in [0.3, 0.4) is 0 Å². The molecule has 6 nitrogen and oxygen atoms in total. The van der Waals surface area contributed by atoms with Crippen LogP contribution in [0.25, 0.3) is 11.1 Å². The summed E-state index contributed by atoms with van der Waals surface area (Å²) in [5, 5.41) is 6.36. The van der Waals surface area contributed by atoms with Gasteiger partial charge in [-0.05, 0) is 77.1 Å². The van der Waals surface area contributed by atoms with Crippen molar-refractivity contribution in [1.29, 1.82) is 0 Å². The standard InChI is InChI=1S/C33H39N3O3/c1-21(2)22(3)35-33(38)36-16-15-28-27(24-11-8-12-26(17-24)39-4)14-13-25(31(28)20-36)19-34-32(37)30-18-29(30)23-9-6-5-7-10-23/h5-14,17,21-22,29-30H,15-16,18-20H2,1-4H3,(H,34,37)(H,35,38). The summed E-state index contributed by atoms with van der Waals surface area (Å²) < 4.78 is 5.47. The fourth-order valence-electron chi connectivity index (χ4n) is 5.46. The van der Waals surface area contributed by atoms with E-state index in [1.54, 1.807) is 7.11 Å². The van der Waals surface area contributed by atoms with Crippen LogP contribution < -0.4 is 15.4 Å². The summed E-state index contributed by atoms with van der Waals surface area (Å²) in [6.45, 7) is 7.89. The zero-order chi connectivity index (χ0) is 27.5. The highest BCUT2D eigenvalue weighted by atomic mass is 16.5. The third kappa shape index (κ3) is 5.95. The Morgan fingerprint density at radius 1 is 1.00 bits per heavy atom. The Morgan fingerprint density at radius 3 is 2.54 bits per heavy atom. The molecule has 3 atom stereocenters. The van der Waals surface area contributed by atoms with Gasteiger partial charge in [0.2, 0.25) is 5.91 Å². The Hall–Kier alpha value is -3.80. The van der Waals surface area contributed by atoms with Crippen molar-refractivity contribution in [1.82, 2.24) is 15.5 Å². The maximum absolute atomic E-state index is 13.1. The van der Waals surface area contributed by atoms with E-state index in [2.05, 4.69) is 60.9 Å². The molecule has 2 aliphatic rings. The zero-order valence-corrected chi connectivity index (χ0v) is 23.4. The van der Waals surface area contributed by atoms with E-state index in [9.17, 15) is 9.59 Å². The number of carbonyl (C=O) groups is 2. The Labute approximate surface area is 231 Å². The Balaban J connectivity index is 1.37. The van der Waals surface area contributed by atoms with Crippen molar-refractivity contribution >= 4 is 11.9 Å². The number of rotatable bonds is 8. The largest absolute Gasteiger partial charge is 0.497 e. The summed E-state index contributed by atoms with van der Waals surface area (Å²) in [7, 11) is 1.68. The van der Waals surface area contributed by atoms with Gasteiger partial charge >= 0.3 is 6.03 Å². The molecule has 1 aliphatic carbocycles. The minimum Gasteiger partial charge on any atom is -0.497 e. The molecule has 3 aromatic carbocycles. The lowest BCUT2D eigenvalue weighted by Gasteiger charge is -2.33. The zero-order valence-electron chi connectivity index (χ0n) is 23.4. The van der Waals surface area contributed by atoms with Gasteiger partial charge < -0.3 is 20.3 Å². The van der Waals surface area contributed by atoms with Crippen LogP contribution in [0.15, 0.2) is 66.7 Å². The number of methoxy groups -OCH3 is 1. The number of urea groups is 1. The third-order valence-corrected chi connectivity index (χ3v) is 8.34. The van der Waals surface area contributed by atoms with Crippen LogP contribution in [-0.4, -0.2) is 36.5 Å². The van der Waals surface area contributed by atoms with Crippen LogP contribution in [0.1, 0.15) is 55.4 Å². The first-order valence-corrected chi connectivity index (χ1v) is 14.0. The van der Waals surface area contributed by atoms with E-state index in [1.165, 1.54) is 11.1 Å². The van der Waals surface area contributed by atoms with E-state index in [0.29, 0.717) is 31.5 Å². The summed E-state index contributed by atoms with van der Waals surface area (Å²) in [5.74, 6) is 1.61. The maximum atomic E-state index is 13.1. The highest BCUT2D eigenvalue weighted by molar-refractivity contribution is 5.83. The van der Waals surface area contributed by atoms with Gasteiger partial charge in [0.05, 0.1) is 7.11 Å². The van der Waals surface area contributed by atoms with E-state index in [1.807, 2.05) is 42.2 Å². The monoisotopic (exact) mass is 525 g/mol. The molecular weight excluding hydrogens is 486 g/mol. The van der Waals surface area contributed by atoms with Crippen LogP contribution in [0.2, 0.25) is 0 Å². The number of fused-ring (bicyclic) bond motifs is 1. The van der Waals surface area contributed by atoms with Gasteiger partial charge in [-0.1, -0.05) is 68.4 Å². The smallest absolute Gasteiger partial charge is 0.317 e. The highest BCUT2D eigenvalue weighted by Crippen LogP contribution is 2.47. The SMILES string of the molecule is COc1cccc(-c2ccc(CNC(=O)C3CC3c3ccccc3)c3c2CCN(C(=O)NC(C)C(C)C)C3)c1. The van der Waals surface area contributed by atoms with E-state index < -0.39 is 0 Å². The lowest BCUT2D eigenvalue weighted by molar-refractivity contribution is -0.122. The van der Waals surface area contributed by atoms with Gasteiger partial charge in [-0.2, -0.15) is 0 Å². The molecule has 0 spiro atoms. The van der Waals surface area contributed by atoms with E-state index in [-0.39, 0.29) is 23.9 Å². The van der Waals surface area contributed by atoms with Gasteiger partial charge in [-0.25, -0.2) is 4.79 Å². The van der Waals surface area contributed by atoms with E-state index >= 15 is 0 Å². The van der Waals surface area contributed by atoms with Crippen molar-refractivity contribution in [3.8, 4) is 16.9 Å². The number of ether oxygens (including phenoxy) is 1. The first kappa shape index (κ1) is 26.8. The van der Waals surface area contributed by atoms with Crippen molar-refractivity contribution in [2.45, 2.75) is 58.7 Å². The number of nitrogens with zero attached hydrogens (tertiary/aromatic N) is 1. The number of hydrogen-bond donors (Lipinski definition) is 2. The Kier molecular flexibility index (Phi) is 7.92. The fraction of sp³-hybridized carbons (Fsp3) is 0.394. The van der Waals surface area contributed by atoms with Crippen LogP contribution >= 0.6 is 0 Å². The maximum Gasteiger partial charge on any atom is 0.317 e. The minimum absolute atomic E-state index is 0.0269. The van der Waals surface area contributed by atoms with Gasteiger partial charge in [0.15, 0.2) is 0 Å². The molecule has 0 bridgehead atoms. The molecule has 2 N–H and O–H groups in total. The van der Waals surface area contributed by atoms with Crippen LogP contribution in [-0.2, 0) is 24.3 Å². The van der Waals surface area contributed by atoms with Gasteiger partial charge in [-0.15, -0.1) is 0 Å². The summed E-state index contributed by atoms with van der Waals surface area (Å²) >= 11 is 0. The molecule has 3 amide bonds. The second-order valence-corrected chi connectivity index (χ2v) is 11.2. The molecule has 0 saturated heterocycles. The van der Waals surface area contributed by atoms with Crippen molar-refractivity contribution in [3.05, 3.63) is 89.0 Å². The molecule has 1 heterocycles. The quantitative estimate of drug-likeness (QED) is 0.385. The van der Waals surface area contributed by atoms with Gasteiger partial charge in [-0.3, -0.25) is 4.79 Å². The van der Waals surface area contributed by atoms with Crippen LogP contribution in [0.5, 0.6) is 5.75 Å². The second kappa shape index (κ2) is 11.5. The van der Waals surface area contributed by atoms with Gasteiger partial charge in [0, 0.05) is 31.6 Å². The number of amides is 3. The van der Waals surface area contributed by atoms with Crippen molar-refractivity contribution in [3.63, 3.8) is 0 Å². The third-order valence-electron chi connectivity index (χ3n) is 8.34. The number of nitrogens with one attached hydrogen (secondary N) is 2. The van der Waals surface area contributed by atoms with Crippen molar-refractivity contribution in [2.75, 3.05) is 13.7 Å². The highest BCUT2D eigenvalue weighted by Gasteiger charge is 2.43. The molecule has 1 aliphatic heterocycles. The van der Waals surface area contributed by atoms with E-state index in [0.717, 1.165) is 40.8 Å². The van der Waals surface area contributed by atoms with Crippen LogP contribution in [0.4, 0.5) is 4.79 Å². The molecule has 1 fully saturated rings. The lowest BCUT2D eigenvalue weighted by Crippen LogP contribution is -2.47. The molecule has 5 rings (SSSR count). The summed E-state index contributed by atoms with van der Waals surface area (Å²) in [6.07, 6.45) is 1.65. The minimum atomic E-state index is -0.0349. The van der Waals surface area contributed by atoms with Crippen molar-refractivity contribution < 1.29 is 14.3 Å². The molecule has 0 aromatic heterocycles. The van der Waals surface area contributed by atoms with Gasteiger partial charge in [0.1, 0.15) is 5.75 Å². The predicted octanol–water partition coefficient (Wildman–Crippen LogP) is 5.89. The molecule has 0 radical (unpaired) electrons. The number of benzene rings is 3. The molecular formula is C33H39N3O3. The lowest BCUT2D eigenvalue weighted by atomic mass is 9.87. The second-order valence-electron chi connectivity index (χ2n) is 11.2. The summed E-state index contributed by atoms with van der Waals surface area (Å²) in [6, 6.07) is 22.7. The molecule has 1 saturated carbocycles. The Morgan fingerprint density at radius 2 is 1.79 bits per heavy atom. The Bertz CT molecular complexity index is 1340. The molecule has 3 unspecified atom stereocenters. The average Bonchev–Trinajstić information content (AvgIpc) is 3.77. The molecule has 39 heavy (non-hydrogen) atoms. The van der Waals surface area contributed by atoms with Gasteiger partial charge in [0.25, 0.3) is 0 Å². The predicted molar refractivity (Wildman–Crippen MR) is 155 cm³/mol. The average molecular weight is 526 g/mol. The molecule has 3 aromatic rings. The summed E-state index contributed by atoms with van der Waals surface area (Å²) in [5.41, 5.74) is 6.91. The fourth-order valence-corrected chi connectivity index (χ4v) is 5.46. The molecule has 204 valence electrons. The van der Waals surface area contributed by atoms with Crippen LogP contribution in [0, 0.1) is 11.8 Å². The van der Waals surface area contributed by atoms with E-state index in [4.69, 9.17) is 4.74 Å². The van der Waals surface area contributed by atoms with Crippen molar-refractivity contribution in [2.24, 2.45) is 11.8 Å². The first-order valence-electron chi connectivity index (χ1n) is 14.0. The molecule has 6 heteroatoms. The number of carbonyl (C=O) groups excluding carboxylic acids is 2.